The number of thiazole rings is 1. The highest BCUT2D eigenvalue weighted by Crippen LogP contribution is 2.39. The molecule has 2 aromatic heterocycles. The van der Waals surface area contributed by atoms with Crippen LogP contribution in [0.25, 0.3) is 10.6 Å². The van der Waals surface area contributed by atoms with Gasteiger partial charge in [0.25, 0.3) is 5.91 Å². The average molecular weight is 429 g/mol. The summed E-state index contributed by atoms with van der Waals surface area (Å²) >= 11 is 1.38. The predicted molar refractivity (Wildman–Crippen MR) is 112 cm³/mol. The van der Waals surface area contributed by atoms with Crippen molar-refractivity contribution in [1.82, 2.24) is 20.4 Å². The zero-order chi connectivity index (χ0) is 21.1. The normalized spacial score (nSPS) is 15.6. The van der Waals surface area contributed by atoms with E-state index in [1.165, 1.54) is 11.3 Å². The van der Waals surface area contributed by atoms with Gasteiger partial charge < -0.3 is 19.3 Å². The Morgan fingerprint density at radius 2 is 1.97 bits per heavy atom. The van der Waals surface area contributed by atoms with Gasteiger partial charge >= 0.3 is 0 Å². The lowest BCUT2D eigenvalue weighted by atomic mass is 9.81. The van der Waals surface area contributed by atoms with Gasteiger partial charge in [-0.15, -0.1) is 11.3 Å². The van der Waals surface area contributed by atoms with Crippen molar-refractivity contribution in [3.8, 4) is 22.1 Å². The molecule has 4 rings (SSSR count). The van der Waals surface area contributed by atoms with Crippen LogP contribution in [0.5, 0.6) is 11.5 Å². The number of nitrogens with zero attached hydrogens (tertiary/aromatic N) is 3. The summed E-state index contributed by atoms with van der Waals surface area (Å²) in [6.07, 6.45) is 4.68. The molecule has 0 spiro atoms. The van der Waals surface area contributed by atoms with Gasteiger partial charge in [0.15, 0.2) is 17.3 Å². The minimum absolute atomic E-state index is 0.247. The molecule has 0 saturated heterocycles. The van der Waals surface area contributed by atoms with E-state index in [1.54, 1.807) is 26.5 Å². The fourth-order valence-electron chi connectivity index (χ4n) is 3.89. The zero-order valence-corrected chi connectivity index (χ0v) is 18.0. The van der Waals surface area contributed by atoms with Gasteiger partial charge in [0.2, 0.25) is 5.89 Å². The van der Waals surface area contributed by atoms with Crippen LogP contribution < -0.4 is 14.8 Å². The van der Waals surface area contributed by atoms with Crippen LogP contribution in [-0.2, 0) is 5.54 Å². The Bertz CT molecular complexity index is 1040. The number of methoxy groups -OCH3 is 2. The van der Waals surface area contributed by atoms with Crippen LogP contribution in [0, 0.1) is 6.92 Å². The molecule has 0 bridgehead atoms. The van der Waals surface area contributed by atoms with E-state index < -0.39 is 5.54 Å². The topological polar surface area (TPSA) is 99.4 Å². The Morgan fingerprint density at radius 3 is 2.63 bits per heavy atom. The minimum atomic E-state index is -0.621. The molecule has 1 aliphatic carbocycles. The molecule has 0 atom stereocenters. The van der Waals surface area contributed by atoms with E-state index in [1.807, 2.05) is 18.2 Å². The monoisotopic (exact) mass is 428 g/mol. The molecule has 30 heavy (non-hydrogen) atoms. The first-order valence-electron chi connectivity index (χ1n) is 9.86. The fourth-order valence-corrected chi connectivity index (χ4v) is 4.71. The molecule has 2 heterocycles. The first kappa shape index (κ1) is 20.3. The third-order valence-electron chi connectivity index (χ3n) is 5.39. The SMILES string of the molecule is COc1cccc(-c2nc(C(=O)NC3(c4noc(C)n4)CCCCC3)cs2)c1OC. The van der Waals surface area contributed by atoms with Gasteiger partial charge in [-0.05, 0) is 25.0 Å². The Balaban J connectivity index is 1.61. The van der Waals surface area contributed by atoms with E-state index in [2.05, 4.69) is 20.4 Å². The molecule has 3 aromatic rings. The highest BCUT2D eigenvalue weighted by atomic mass is 32.1. The zero-order valence-electron chi connectivity index (χ0n) is 17.2. The number of amides is 1. The Kier molecular flexibility index (Phi) is 5.72. The number of aryl methyl sites for hydroxylation is 1. The maximum atomic E-state index is 13.1. The lowest BCUT2D eigenvalue weighted by molar-refractivity contribution is 0.0851. The van der Waals surface area contributed by atoms with Gasteiger partial charge in [-0.25, -0.2) is 4.98 Å². The number of aromatic nitrogens is 3. The minimum Gasteiger partial charge on any atom is -0.493 e. The lowest BCUT2D eigenvalue weighted by Crippen LogP contribution is -2.48. The predicted octanol–water partition coefficient (Wildman–Crippen LogP) is 4.11. The van der Waals surface area contributed by atoms with Gasteiger partial charge in [-0.2, -0.15) is 4.98 Å². The van der Waals surface area contributed by atoms with Crippen molar-refractivity contribution in [2.75, 3.05) is 14.2 Å². The van der Waals surface area contributed by atoms with Crippen molar-refractivity contribution in [2.45, 2.75) is 44.6 Å². The molecule has 1 saturated carbocycles. The summed E-state index contributed by atoms with van der Waals surface area (Å²) in [6.45, 7) is 1.75. The van der Waals surface area contributed by atoms with Crippen molar-refractivity contribution >= 4 is 17.2 Å². The molecule has 9 heteroatoms. The Labute approximate surface area is 178 Å². The maximum absolute atomic E-state index is 13.1. The molecule has 0 radical (unpaired) electrons. The second kappa shape index (κ2) is 8.43. The number of benzene rings is 1. The van der Waals surface area contributed by atoms with E-state index in [-0.39, 0.29) is 5.91 Å². The molecule has 158 valence electrons. The van der Waals surface area contributed by atoms with E-state index >= 15 is 0 Å². The molecule has 1 N–H and O–H groups in total. The summed E-state index contributed by atoms with van der Waals surface area (Å²) in [5.74, 6) is 1.99. The Hall–Kier alpha value is -2.94. The van der Waals surface area contributed by atoms with Crippen LogP contribution in [-0.4, -0.2) is 35.3 Å². The molecule has 1 aliphatic rings. The summed E-state index contributed by atoms with van der Waals surface area (Å²) in [6, 6.07) is 5.59. The number of carbonyl (C=O) groups is 1. The average Bonchev–Trinajstić information content (AvgIpc) is 3.43. The second-order valence-electron chi connectivity index (χ2n) is 7.31. The van der Waals surface area contributed by atoms with Crippen molar-refractivity contribution in [2.24, 2.45) is 0 Å². The van der Waals surface area contributed by atoms with E-state index in [0.717, 1.165) is 37.7 Å². The third-order valence-corrected chi connectivity index (χ3v) is 6.26. The summed E-state index contributed by atoms with van der Waals surface area (Å²) < 4.78 is 16.1. The van der Waals surface area contributed by atoms with Crippen LogP contribution in [0.2, 0.25) is 0 Å². The molecule has 1 amide bonds. The largest absolute Gasteiger partial charge is 0.493 e. The highest BCUT2D eigenvalue weighted by Gasteiger charge is 2.40. The highest BCUT2D eigenvalue weighted by molar-refractivity contribution is 7.13. The molecular weight excluding hydrogens is 404 g/mol. The standard InChI is InChI=1S/C21H24N4O4S/c1-13-22-20(25-29-13)21(10-5-4-6-11-21)24-18(26)15-12-30-19(23-15)14-8-7-9-16(27-2)17(14)28-3/h7-9,12H,4-6,10-11H2,1-3H3,(H,24,26). The van der Waals surface area contributed by atoms with Crippen LogP contribution >= 0.6 is 11.3 Å². The first-order chi connectivity index (χ1) is 14.6. The van der Waals surface area contributed by atoms with Gasteiger partial charge in [0.1, 0.15) is 16.2 Å². The molecular formula is C21H24N4O4S. The number of ether oxygens (including phenoxy) is 2. The van der Waals surface area contributed by atoms with Crippen molar-refractivity contribution in [3.63, 3.8) is 0 Å². The number of nitrogens with one attached hydrogen (secondary N) is 1. The summed E-state index contributed by atoms with van der Waals surface area (Å²) in [5, 5.41) is 9.70. The number of para-hydroxylation sites is 1. The number of rotatable bonds is 6. The molecule has 1 aromatic carbocycles. The number of hydrogen-bond donors (Lipinski definition) is 1. The third kappa shape index (κ3) is 3.77. The molecule has 0 unspecified atom stereocenters. The van der Waals surface area contributed by atoms with Crippen molar-refractivity contribution in [3.05, 3.63) is 41.0 Å². The van der Waals surface area contributed by atoms with Gasteiger partial charge in [0, 0.05) is 12.3 Å². The van der Waals surface area contributed by atoms with Crippen LogP contribution in [0.1, 0.15) is 54.3 Å². The van der Waals surface area contributed by atoms with Gasteiger partial charge in [-0.3, -0.25) is 4.79 Å². The van der Waals surface area contributed by atoms with Gasteiger partial charge in [0.05, 0.1) is 19.8 Å². The molecule has 1 fully saturated rings. The summed E-state index contributed by atoms with van der Waals surface area (Å²) in [5.41, 5.74) is 0.511. The van der Waals surface area contributed by atoms with Crippen LogP contribution in [0.4, 0.5) is 0 Å². The first-order valence-corrected chi connectivity index (χ1v) is 10.7. The Morgan fingerprint density at radius 1 is 1.17 bits per heavy atom. The van der Waals surface area contributed by atoms with E-state index in [9.17, 15) is 4.79 Å². The second-order valence-corrected chi connectivity index (χ2v) is 8.17. The molecule has 8 nitrogen and oxygen atoms in total. The maximum Gasteiger partial charge on any atom is 0.271 e. The fraction of sp³-hybridized carbons (Fsp3) is 0.429. The quantitative estimate of drug-likeness (QED) is 0.631. The number of hydrogen-bond acceptors (Lipinski definition) is 8. The summed E-state index contributed by atoms with van der Waals surface area (Å²) in [4.78, 5) is 22.1. The van der Waals surface area contributed by atoms with E-state index in [4.69, 9.17) is 14.0 Å². The lowest BCUT2D eigenvalue weighted by Gasteiger charge is -2.35. The van der Waals surface area contributed by atoms with Gasteiger partial charge in [-0.1, -0.05) is 30.5 Å². The van der Waals surface area contributed by atoms with Crippen molar-refractivity contribution in [1.29, 1.82) is 0 Å². The molecule has 0 aliphatic heterocycles. The van der Waals surface area contributed by atoms with E-state index in [0.29, 0.717) is 33.9 Å². The summed E-state index contributed by atoms with van der Waals surface area (Å²) in [7, 11) is 3.17. The van der Waals surface area contributed by atoms with Crippen molar-refractivity contribution < 1.29 is 18.8 Å². The van der Waals surface area contributed by atoms with Crippen LogP contribution in [0.3, 0.4) is 0 Å². The van der Waals surface area contributed by atoms with Crippen LogP contribution in [0.15, 0.2) is 28.1 Å². The number of carbonyl (C=O) groups excluding carboxylic acids is 1. The smallest absolute Gasteiger partial charge is 0.271 e.